The van der Waals surface area contributed by atoms with Crippen molar-refractivity contribution in [1.29, 1.82) is 0 Å². The van der Waals surface area contributed by atoms with E-state index in [0.717, 1.165) is 10.7 Å². The van der Waals surface area contributed by atoms with Gasteiger partial charge in [-0.3, -0.25) is 0 Å². The molecule has 0 radical (unpaired) electrons. The molecule has 2 aromatic heterocycles. The largest absolute Gasteiger partial charge is 0.435 e. The smallest absolute Gasteiger partial charge is 0.421 e. The van der Waals surface area contributed by atoms with Crippen LogP contribution < -0.4 is 4.74 Å². The van der Waals surface area contributed by atoms with E-state index in [1.54, 1.807) is 0 Å². The Morgan fingerprint density at radius 2 is 2.00 bits per heavy atom. The monoisotopic (exact) mass is 261 g/mol. The van der Waals surface area contributed by atoms with E-state index in [-0.39, 0.29) is 11.8 Å². The third-order valence-electron chi connectivity index (χ3n) is 2.03. The first-order valence-electron chi connectivity index (χ1n) is 4.78. The zero-order chi connectivity index (χ0) is 13.3. The van der Waals surface area contributed by atoms with Crippen LogP contribution >= 0.6 is 0 Å². The third-order valence-corrected chi connectivity index (χ3v) is 2.03. The average molecular weight is 261 g/mol. The lowest BCUT2D eigenvalue weighted by Gasteiger charge is -2.03. The number of hydrogen-bond donors (Lipinski definition) is 0. The minimum atomic E-state index is -4.56. The van der Waals surface area contributed by atoms with Crippen LogP contribution in [0.25, 0.3) is 0 Å². The number of aromatic nitrogens is 3. The number of pyridine rings is 1. The summed E-state index contributed by atoms with van der Waals surface area (Å²) in [6.07, 6.45) is -4.56. The van der Waals surface area contributed by atoms with Gasteiger partial charge in [-0.2, -0.15) is 27.6 Å². The molecule has 0 aliphatic rings. The lowest BCUT2D eigenvalue weighted by atomic mass is 10.4. The van der Waals surface area contributed by atoms with Gasteiger partial charge in [0, 0.05) is 19.2 Å². The van der Waals surface area contributed by atoms with Gasteiger partial charge in [-0.05, 0) is 6.07 Å². The van der Waals surface area contributed by atoms with Gasteiger partial charge in [0.1, 0.15) is 0 Å². The molecule has 0 spiro atoms. The Morgan fingerprint density at radius 3 is 2.56 bits per heavy atom. The van der Waals surface area contributed by atoms with Crippen molar-refractivity contribution in [3.8, 4) is 11.8 Å². The van der Waals surface area contributed by atoms with Crippen molar-refractivity contribution in [2.45, 2.75) is 6.18 Å². The van der Waals surface area contributed by atoms with E-state index in [4.69, 9.17) is 4.74 Å². The lowest BCUT2D eigenvalue weighted by molar-refractivity contribution is -0.141. The van der Waals surface area contributed by atoms with Crippen molar-refractivity contribution in [2.24, 2.45) is 7.05 Å². The van der Waals surface area contributed by atoms with Crippen molar-refractivity contribution < 1.29 is 22.3 Å². The molecule has 96 valence electrons. The van der Waals surface area contributed by atoms with E-state index in [2.05, 4.69) is 10.1 Å². The Bertz CT molecular complexity index is 564. The number of rotatable bonds is 2. The maximum absolute atomic E-state index is 12.8. The predicted octanol–water partition coefficient (Wildman–Crippen LogP) is 2.77. The highest BCUT2D eigenvalue weighted by Crippen LogP contribution is 2.31. The second kappa shape index (κ2) is 4.28. The van der Waals surface area contributed by atoms with E-state index in [1.807, 2.05) is 0 Å². The summed E-state index contributed by atoms with van der Waals surface area (Å²) in [6.45, 7) is 0. The van der Waals surface area contributed by atoms with Crippen molar-refractivity contribution in [2.75, 3.05) is 0 Å². The molecule has 8 heteroatoms. The highest BCUT2D eigenvalue weighted by atomic mass is 19.4. The summed E-state index contributed by atoms with van der Waals surface area (Å²) < 4.78 is 55.8. The average Bonchev–Trinajstić information content (AvgIpc) is 2.60. The Morgan fingerprint density at radius 1 is 1.28 bits per heavy atom. The summed E-state index contributed by atoms with van der Waals surface area (Å²) in [4.78, 5) is 3.37. The molecule has 0 saturated heterocycles. The minimum absolute atomic E-state index is 0.147. The van der Waals surface area contributed by atoms with Gasteiger partial charge in [-0.1, -0.05) is 6.07 Å². The molecule has 0 fully saturated rings. The van der Waals surface area contributed by atoms with Gasteiger partial charge < -0.3 is 4.74 Å². The topological polar surface area (TPSA) is 39.9 Å². The molecule has 0 atom stereocenters. The summed E-state index contributed by atoms with van der Waals surface area (Å²) in [6, 6.07) is 4.46. The third kappa shape index (κ3) is 2.58. The first-order valence-corrected chi connectivity index (χ1v) is 4.78. The number of alkyl halides is 3. The number of aryl methyl sites for hydroxylation is 1. The van der Waals surface area contributed by atoms with Crippen LogP contribution in [0.1, 0.15) is 5.69 Å². The van der Waals surface area contributed by atoms with Crippen LogP contribution in [-0.4, -0.2) is 14.8 Å². The summed E-state index contributed by atoms with van der Waals surface area (Å²) in [5.74, 6) is -1.11. The van der Waals surface area contributed by atoms with Crippen LogP contribution in [0.5, 0.6) is 11.8 Å². The summed E-state index contributed by atoms with van der Waals surface area (Å²) >= 11 is 0. The first kappa shape index (κ1) is 12.3. The standard InChI is InChI=1S/C10H7F4N3O/c1-17-9(5-6(16-17)10(12,13)14)18-8-4-2-3-7(11)15-8/h2-5H,1H3. The summed E-state index contributed by atoms with van der Waals surface area (Å²) in [5.41, 5.74) is -1.09. The number of halogens is 4. The Kier molecular flexibility index (Phi) is 2.93. The Hall–Kier alpha value is -2.12. The fraction of sp³-hybridized carbons (Fsp3) is 0.200. The van der Waals surface area contributed by atoms with Gasteiger partial charge in [0.25, 0.3) is 0 Å². The summed E-state index contributed by atoms with van der Waals surface area (Å²) in [7, 11) is 1.28. The molecule has 0 unspecified atom stereocenters. The molecule has 0 aromatic carbocycles. The van der Waals surface area contributed by atoms with Crippen LogP contribution in [-0.2, 0) is 13.2 Å². The molecule has 18 heavy (non-hydrogen) atoms. The van der Waals surface area contributed by atoms with Gasteiger partial charge in [0.05, 0.1) is 0 Å². The molecule has 0 bridgehead atoms. The second-order valence-electron chi connectivity index (χ2n) is 3.39. The second-order valence-corrected chi connectivity index (χ2v) is 3.39. The number of hydrogen-bond acceptors (Lipinski definition) is 3. The maximum atomic E-state index is 12.8. The molecule has 4 nitrogen and oxygen atoms in total. The molecule has 0 saturated carbocycles. The fourth-order valence-electron chi connectivity index (χ4n) is 1.24. The normalized spacial score (nSPS) is 11.6. The van der Waals surface area contributed by atoms with Crippen LogP contribution in [0, 0.1) is 5.95 Å². The van der Waals surface area contributed by atoms with Gasteiger partial charge in [-0.15, -0.1) is 0 Å². The number of nitrogens with zero attached hydrogens (tertiary/aromatic N) is 3. The van der Waals surface area contributed by atoms with Crippen LogP contribution in [0.15, 0.2) is 24.3 Å². The molecule has 2 heterocycles. The maximum Gasteiger partial charge on any atom is 0.435 e. The molecule has 2 rings (SSSR count). The van der Waals surface area contributed by atoms with Crippen LogP contribution in [0.4, 0.5) is 17.6 Å². The molecule has 2 aromatic rings. The molecule has 0 aliphatic heterocycles. The van der Waals surface area contributed by atoms with E-state index < -0.39 is 17.8 Å². The van der Waals surface area contributed by atoms with E-state index in [0.29, 0.717) is 6.07 Å². The quantitative estimate of drug-likeness (QED) is 0.616. The predicted molar refractivity (Wildman–Crippen MR) is 52.5 cm³/mol. The van der Waals surface area contributed by atoms with E-state index >= 15 is 0 Å². The first-order chi connectivity index (χ1) is 8.36. The number of ether oxygens (including phenoxy) is 1. The van der Waals surface area contributed by atoms with Gasteiger partial charge in [0.2, 0.25) is 17.7 Å². The van der Waals surface area contributed by atoms with Gasteiger partial charge >= 0.3 is 6.18 Å². The van der Waals surface area contributed by atoms with Crippen molar-refractivity contribution >= 4 is 0 Å². The molecule has 0 amide bonds. The Labute approximate surface area is 98.8 Å². The fourth-order valence-corrected chi connectivity index (χ4v) is 1.24. The van der Waals surface area contributed by atoms with Crippen molar-refractivity contribution in [3.63, 3.8) is 0 Å². The molecular weight excluding hydrogens is 254 g/mol. The van der Waals surface area contributed by atoms with Gasteiger partial charge in [-0.25, -0.2) is 4.68 Å². The minimum Gasteiger partial charge on any atom is -0.421 e. The SMILES string of the molecule is Cn1nc(C(F)(F)F)cc1Oc1cccc(F)n1. The molecular formula is C10H7F4N3O. The van der Waals surface area contributed by atoms with Crippen molar-refractivity contribution in [1.82, 2.24) is 14.8 Å². The highest BCUT2D eigenvalue weighted by molar-refractivity contribution is 5.23. The summed E-state index contributed by atoms with van der Waals surface area (Å²) in [5, 5.41) is 3.25. The van der Waals surface area contributed by atoms with Crippen molar-refractivity contribution in [3.05, 3.63) is 35.9 Å². The zero-order valence-electron chi connectivity index (χ0n) is 9.07. The zero-order valence-corrected chi connectivity index (χ0v) is 9.07. The van der Waals surface area contributed by atoms with E-state index in [1.165, 1.54) is 19.2 Å². The Balaban J connectivity index is 2.27. The van der Waals surface area contributed by atoms with Gasteiger partial charge in [0.15, 0.2) is 5.69 Å². The van der Waals surface area contributed by atoms with E-state index in [9.17, 15) is 17.6 Å². The van der Waals surface area contributed by atoms with Crippen LogP contribution in [0.3, 0.4) is 0 Å². The highest BCUT2D eigenvalue weighted by Gasteiger charge is 2.35. The molecule has 0 aliphatic carbocycles. The van der Waals surface area contributed by atoms with Crippen LogP contribution in [0.2, 0.25) is 0 Å². The molecule has 0 N–H and O–H groups in total. The lowest BCUT2D eigenvalue weighted by Crippen LogP contribution is -2.06.